The molecule has 0 saturated carbocycles. The summed E-state index contributed by atoms with van der Waals surface area (Å²) in [7, 11) is 0. The molecule has 3 nitrogen and oxygen atoms in total. The van der Waals surface area contributed by atoms with Crippen molar-refractivity contribution in [1.29, 1.82) is 0 Å². The summed E-state index contributed by atoms with van der Waals surface area (Å²) in [5.74, 6) is -2.15. The van der Waals surface area contributed by atoms with E-state index in [1.807, 2.05) is 0 Å². The maximum absolute atomic E-state index is 8.84. The van der Waals surface area contributed by atoms with Gasteiger partial charge in [-0.1, -0.05) is 23.7 Å². The van der Waals surface area contributed by atoms with E-state index in [1.54, 1.807) is 24.3 Å². The highest BCUT2D eigenvalue weighted by Gasteiger charge is 2.15. The fraction of sp³-hybridized carbons (Fsp3) is 0.250. The van der Waals surface area contributed by atoms with Crippen molar-refractivity contribution in [2.45, 2.75) is 12.3 Å². The third-order valence-electron chi connectivity index (χ3n) is 1.38. The minimum atomic E-state index is -2.15. The summed E-state index contributed by atoms with van der Waals surface area (Å²) in [5, 5.41) is 18.3. The Balaban J connectivity index is 2.71. The van der Waals surface area contributed by atoms with Crippen molar-refractivity contribution < 1.29 is 10.2 Å². The van der Waals surface area contributed by atoms with Crippen LogP contribution >= 0.6 is 11.6 Å². The summed E-state index contributed by atoms with van der Waals surface area (Å²) < 4.78 is 0. The van der Waals surface area contributed by atoms with Crippen molar-refractivity contribution in [3.63, 3.8) is 0 Å². The van der Waals surface area contributed by atoms with Crippen molar-refractivity contribution in [1.82, 2.24) is 0 Å². The van der Waals surface area contributed by atoms with Crippen molar-refractivity contribution >= 4 is 11.6 Å². The molecule has 0 atom stereocenters. The van der Waals surface area contributed by atoms with Gasteiger partial charge >= 0.3 is 0 Å². The lowest BCUT2D eigenvalue weighted by Gasteiger charge is -2.14. The van der Waals surface area contributed by atoms with E-state index in [-0.39, 0.29) is 6.42 Å². The van der Waals surface area contributed by atoms with Crippen LogP contribution in [0, 0.1) is 0 Å². The van der Waals surface area contributed by atoms with Gasteiger partial charge in [0.25, 0.3) is 0 Å². The van der Waals surface area contributed by atoms with Gasteiger partial charge in [-0.25, -0.2) is 0 Å². The van der Waals surface area contributed by atoms with Gasteiger partial charge in [0, 0.05) is 11.4 Å². The Bertz CT molecular complexity index is 253. The molecule has 0 aliphatic heterocycles. The van der Waals surface area contributed by atoms with Crippen LogP contribution < -0.4 is 5.73 Å². The standard InChI is InChI=1S/C8H10ClNO2/c9-7-3-1-6(2-4-7)5-8(10,11)12/h1-4,11-12H,5,10H2. The molecule has 0 unspecified atom stereocenters. The van der Waals surface area contributed by atoms with Gasteiger partial charge in [-0.05, 0) is 17.7 Å². The number of rotatable bonds is 2. The Labute approximate surface area is 75.4 Å². The van der Waals surface area contributed by atoms with E-state index >= 15 is 0 Å². The first-order valence-corrected chi connectivity index (χ1v) is 3.83. The van der Waals surface area contributed by atoms with Gasteiger partial charge in [0.05, 0.1) is 0 Å². The largest absolute Gasteiger partial charge is 0.353 e. The summed E-state index contributed by atoms with van der Waals surface area (Å²) in [6.07, 6.45) is -0.00975. The fourth-order valence-electron chi connectivity index (χ4n) is 0.903. The van der Waals surface area contributed by atoms with Crippen molar-refractivity contribution in [3.05, 3.63) is 34.9 Å². The predicted molar refractivity (Wildman–Crippen MR) is 46.5 cm³/mol. The summed E-state index contributed by atoms with van der Waals surface area (Å²) in [4.78, 5) is 0. The van der Waals surface area contributed by atoms with E-state index < -0.39 is 5.91 Å². The molecule has 0 radical (unpaired) electrons. The third-order valence-corrected chi connectivity index (χ3v) is 1.63. The summed E-state index contributed by atoms with van der Waals surface area (Å²) in [6.45, 7) is 0. The van der Waals surface area contributed by atoms with E-state index in [9.17, 15) is 0 Å². The van der Waals surface area contributed by atoms with Crippen LogP contribution in [-0.4, -0.2) is 16.1 Å². The minimum absolute atomic E-state index is 0.00975. The van der Waals surface area contributed by atoms with Gasteiger partial charge in [0.1, 0.15) is 0 Å². The highest BCUT2D eigenvalue weighted by atomic mass is 35.5. The van der Waals surface area contributed by atoms with Crippen molar-refractivity contribution in [2.75, 3.05) is 0 Å². The van der Waals surface area contributed by atoms with Crippen molar-refractivity contribution in [2.24, 2.45) is 5.73 Å². The minimum Gasteiger partial charge on any atom is -0.353 e. The van der Waals surface area contributed by atoms with Gasteiger partial charge in [-0.15, -0.1) is 0 Å². The average molecular weight is 188 g/mol. The van der Waals surface area contributed by atoms with Crippen LogP contribution in [0.2, 0.25) is 5.02 Å². The molecule has 0 aliphatic rings. The van der Waals surface area contributed by atoms with Crippen LogP contribution in [0.4, 0.5) is 0 Å². The summed E-state index contributed by atoms with van der Waals surface area (Å²) >= 11 is 5.63. The zero-order valence-electron chi connectivity index (χ0n) is 6.37. The maximum atomic E-state index is 8.84. The quantitative estimate of drug-likeness (QED) is 0.590. The van der Waals surface area contributed by atoms with Crippen LogP contribution in [0.1, 0.15) is 5.56 Å². The molecule has 0 heterocycles. The lowest BCUT2D eigenvalue weighted by Crippen LogP contribution is -2.41. The van der Waals surface area contributed by atoms with E-state index in [2.05, 4.69) is 0 Å². The van der Waals surface area contributed by atoms with Crippen LogP contribution in [0.25, 0.3) is 0 Å². The molecule has 1 rings (SSSR count). The zero-order chi connectivity index (χ0) is 9.19. The zero-order valence-corrected chi connectivity index (χ0v) is 7.12. The highest BCUT2D eigenvalue weighted by Crippen LogP contribution is 2.11. The Morgan fingerprint density at radius 2 is 1.75 bits per heavy atom. The van der Waals surface area contributed by atoms with Gasteiger partial charge in [-0.2, -0.15) is 0 Å². The Morgan fingerprint density at radius 1 is 1.25 bits per heavy atom. The SMILES string of the molecule is NC(O)(O)Cc1ccc(Cl)cc1. The Hall–Kier alpha value is -0.610. The first-order chi connectivity index (χ1) is 5.47. The van der Waals surface area contributed by atoms with Gasteiger partial charge in [0.2, 0.25) is 5.91 Å². The number of hydrogen-bond acceptors (Lipinski definition) is 3. The molecule has 0 spiro atoms. The molecular formula is C8H10ClNO2. The molecule has 4 N–H and O–H groups in total. The van der Waals surface area contributed by atoms with E-state index in [1.165, 1.54) is 0 Å². The topological polar surface area (TPSA) is 66.5 Å². The second-order valence-corrected chi connectivity index (χ2v) is 3.12. The maximum Gasteiger partial charge on any atom is 0.223 e. The fourth-order valence-corrected chi connectivity index (χ4v) is 1.03. The molecule has 0 saturated heterocycles. The monoisotopic (exact) mass is 187 g/mol. The van der Waals surface area contributed by atoms with E-state index in [0.29, 0.717) is 5.02 Å². The van der Waals surface area contributed by atoms with Gasteiger partial charge < -0.3 is 10.2 Å². The lowest BCUT2D eigenvalue weighted by atomic mass is 10.1. The van der Waals surface area contributed by atoms with Crippen LogP contribution in [-0.2, 0) is 6.42 Å². The lowest BCUT2D eigenvalue weighted by molar-refractivity contribution is -0.153. The van der Waals surface area contributed by atoms with Crippen LogP contribution in [0.5, 0.6) is 0 Å². The number of hydrogen-bond donors (Lipinski definition) is 3. The molecule has 1 aromatic carbocycles. The summed E-state index contributed by atoms with van der Waals surface area (Å²) in [6, 6.07) is 6.72. The first-order valence-electron chi connectivity index (χ1n) is 3.45. The van der Waals surface area contributed by atoms with Crippen molar-refractivity contribution in [3.8, 4) is 0 Å². The molecule has 12 heavy (non-hydrogen) atoms. The number of nitrogens with two attached hydrogens (primary N) is 1. The second-order valence-electron chi connectivity index (χ2n) is 2.68. The predicted octanol–water partition coefficient (Wildman–Crippen LogP) is 0.480. The third kappa shape index (κ3) is 3.19. The average Bonchev–Trinajstić information content (AvgIpc) is 1.91. The Kier molecular flexibility index (Phi) is 2.69. The molecule has 4 heteroatoms. The molecular weight excluding hydrogens is 178 g/mol. The van der Waals surface area contributed by atoms with Crippen LogP contribution in [0.3, 0.4) is 0 Å². The molecule has 1 aromatic rings. The molecule has 0 aromatic heterocycles. The first kappa shape index (κ1) is 9.48. The number of aliphatic hydroxyl groups is 2. The molecule has 0 bridgehead atoms. The van der Waals surface area contributed by atoms with Gasteiger partial charge in [0.15, 0.2) is 0 Å². The number of benzene rings is 1. The van der Waals surface area contributed by atoms with E-state index in [0.717, 1.165) is 5.56 Å². The smallest absolute Gasteiger partial charge is 0.223 e. The highest BCUT2D eigenvalue weighted by molar-refractivity contribution is 6.30. The normalized spacial score (nSPS) is 11.7. The Morgan fingerprint density at radius 3 is 2.17 bits per heavy atom. The molecule has 66 valence electrons. The van der Waals surface area contributed by atoms with Crippen LogP contribution in [0.15, 0.2) is 24.3 Å². The second kappa shape index (κ2) is 3.41. The van der Waals surface area contributed by atoms with E-state index in [4.69, 9.17) is 27.5 Å². The molecule has 0 aliphatic carbocycles. The molecule has 0 amide bonds. The summed E-state index contributed by atoms with van der Waals surface area (Å²) in [5.41, 5.74) is 5.71. The van der Waals surface area contributed by atoms with Gasteiger partial charge in [-0.3, -0.25) is 5.73 Å². The number of halogens is 1. The molecule has 0 fully saturated rings.